The molecule has 12 heteroatoms. The summed E-state index contributed by atoms with van der Waals surface area (Å²) in [6.07, 6.45) is 0. The second kappa shape index (κ2) is 11.9. The van der Waals surface area contributed by atoms with E-state index in [1.807, 2.05) is 17.0 Å². The second-order valence-corrected chi connectivity index (χ2v) is 8.02. The van der Waals surface area contributed by atoms with Gasteiger partial charge in [-0.2, -0.15) is 10.5 Å². The van der Waals surface area contributed by atoms with E-state index in [4.69, 9.17) is 9.47 Å². The van der Waals surface area contributed by atoms with Crippen LogP contribution in [0.15, 0.2) is 34.5 Å². The maximum absolute atomic E-state index is 12.6. The number of carbonyl (C=O) groups excluding carboxylic acids is 3. The van der Waals surface area contributed by atoms with E-state index in [0.717, 1.165) is 10.6 Å². The smallest absolute Gasteiger partial charge is 0.262 e. The van der Waals surface area contributed by atoms with Crippen molar-refractivity contribution in [2.24, 2.45) is 10.2 Å². The molecule has 1 N–H and O–H groups in total. The van der Waals surface area contributed by atoms with Gasteiger partial charge in [0.05, 0.1) is 41.2 Å². The van der Waals surface area contributed by atoms with Crippen molar-refractivity contribution < 1.29 is 23.9 Å². The molecule has 0 bridgehead atoms. The third-order valence-electron chi connectivity index (χ3n) is 5.63. The van der Waals surface area contributed by atoms with E-state index in [0.29, 0.717) is 32.0 Å². The fraction of sp³-hybridized carbons (Fsp3) is 0.320. The molecule has 1 aliphatic heterocycles. The van der Waals surface area contributed by atoms with Crippen LogP contribution in [0, 0.1) is 22.7 Å². The number of azo groups is 1. The van der Waals surface area contributed by atoms with Gasteiger partial charge < -0.3 is 19.7 Å². The molecule has 12 nitrogen and oxygen atoms in total. The Morgan fingerprint density at radius 2 is 1.73 bits per heavy atom. The Morgan fingerprint density at radius 3 is 2.30 bits per heavy atom. The van der Waals surface area contributed by atoms with Gasteiger partial charge in [0.15, 0.2) is 0 Å². The maximum Gasteiger partial charge on any atom is 0.262 e. The van der Waals surface area contributed by atoms with Gasteiger partial charge in [0.1, 0.15) is 23.5 Å². The van der Waals surface area contributed by atoms with Crippen molar-refractivity contribution in [2.45, 2.75) is 6.92 Å². The lowest BCUT2D eigenvalue weighted by atomic mass is 9.97. The lowest BCUT2D eigenvalue weighted by Gasteiger charge is -2.25. The van der Waals surface area contributed by atoms with Crippen molar-refractivity contribution in [1.82, 2.24) is 4.90 Å². The first-order valence-electron chi connectivity index (χ1n) is 11.2. The molecular formula is C25H25N7O5. The number of methoxy groups -OCH3 is 2. The molecule has 0 atom stereocenters. The molecule has 1 aliphatic rings. The highest BCUT2D eigenvalue weighted by Crippen LogP contribution is 2.37. The molecule has 0 fully saturated rings. The fourth-order valence-electron chi connectivity index (χ4n) is 3.78. The van der Waals surface area contributed by atoms with E-state index >= 15 is 0 Å². The van der Waals surface area contributed by atoms with E-state index in [1.165, 1.54) is 20.0 Å². The summed E-state index contributed by atoms with van der Waals surface area (Å²) in [4.78, 5) is 39.7. The number of amides is 3. The van der Waals surface area contributed by atoms with Crippen molar-refractivity contribution in [3.63, 3.8) is 0 Å². The average molecular weight is 504 g/mol. The molecule has 0 aromatic heterocycles. The van der Waals surface area contributed by atoms with Crippen LogP contribution in [0.4, 0.5) is 22.7 Å². The van der Waals surface area contributed by atoms with Gasteiger partial charge in [0.25, 0.3) is 11.8 Å². The van der Waals surface area contributed by atoms with Crippen LogP contribution in [0.25, 0.3) is 0 Å². The Balaban J connectivity index is 2.09. The Labute approximate surface area is 213 Å². The first-order valence-corrected chi connectivity index (χ1v) is 11.2. The lowest BCUT2D eigenvalue weighted by molar-refractivity contribution is -0.114. The van der Waals surface area contributed by atoms with Gasteiger partial charge in [-0.15, -0.1) is 10.2 Å². The predicted octanol–water partition coefficient (Wildman–Crippen LogP) is 3.13. The number of hydrogen-bond donors (Lipinski definition) is 1. The Morgan fingerprint density at radius 1 is 1.05 bits per heavy atom. The molecule has 37 heavy (non-hydrogen) atoms. The van der Waals surface area contributed by atoms with Gasteiger partial charge in [-0.3, -0.25) is 19.3 Å². The maximum atomic E-state index is 12.6. The van der Waals surface area contributed by atoms with Gasteiger partial charge in [-0.05, 0) is 24.3 Å². The number of nitriles is 2. The summed E-state index contributed by atoms with van der Waals surface area (Å²) >= 11 is 0. The molecule has 0 radical (unpaired) electrons. The van der Waals surface area contributed by atoms with Crippen LogP contribution < -0.4 is 10.2 Å². The average Bonchev–Trinajstić information content (AvgIpc) is 3.10. The topological polar surface area (TPSA) is 160 Å². The van der Waals surface area contributed by atoms with Crippen LogP contribution in [0.2, 0.25) is 0 Å². The zero-order valence-electron chi connectivity index (χ0n) is 20.9. The van der Waals surface area contributed by atoms with Crippen molar-refractivity contribution in [3.05, 3.63) is 46.5 Å². The van der Waals surface area contributed by atoms with Crippen molar-refractivity contribution >= 4 is 40.5 Å². The number of imide groups is 1. The second-order valence-electron chi connectivity index (χ2n) is 8.02. The number of carbonyl (C=O) groups is 3. The van der Waals surface area contributed by atoms with Gasteiger partial charge in [0, 0.05) is 47.0 Å². The summed E-state index contributed by atoms with van der Waals surface area (Å²) in [5, 5.41) is 30.4. The zero-order valence-corrected chi connectivity index (χ0v) is 20.9. The van der Waals surface area contributed by atoms with E-state index < -0.39 is 11.8 Å². The minimum atomic E-state index is -0.659. The largest absolute Gasteiger partial charge is 0.383 e. The zero-order chi connectivity index (χ0) is 27.1. The summed E-state index contributed by atoms with van der Waals surface area (Å²) in [6.45, 7) is 3.45. The molecule has 2 aromatic rings. The van der Waals surface area contributed by atoms with Crippen LogP contribution >= 0.6 is 0 Å². The molecule has 0 saturated carbocycles. The van der Waals surface area contributed by atoms with Gasteiger partial charge in [0.2, 0.25) is 5.91 Å². The third kappa shape index (κ3) is 5.62. The van der Waals surface area contributed by atoms with E-state index in [-0.39, 0.29) is 39.5 Å². The minimum absolute atomic E-state index is 0.0324. The predicted molar refractivity (Wildman–Crippen MR) is 133 cm³/mol. The standard InChI is InChI=1S/C25H25N7O5/c1-15(33)28-21-12-17(32(7-9-36-3)8-10-37-4)5-6-20(21)29-30-23-16(13-26)11-18-22(19(23)14-27)25(35)31(2)24(18)34/h5-6,11-12H,7-10H2,1-4H3,(H,28,33). The van der Waals surface area contributed by atoms with Gasteiger partial charge in [-0.25, -0.2) is 0 Å². The first kappa shape index (κ1) is 26.9. The normalized spacial score (nSPS) is 12.4. The quantitative estimate of drug-likeness (QED) is 0.382. The van der Waals surface area contributed by atoms with E-state index in [2.05, 4.69) is 15.5 Å². The molecule has 0 aliphatic carbocycles. The molecule has 1 heterocycles. The van der Waals surface area contributed by atoms with Crippen molar-refractivity contribution in [1.29, 1.82) is 10.5 Å². The monoisotopic (exact) mass is 503 g/mol. The molecule has 0 spiro atoms. The lowest BCUT2D eigenvalue weighted by Crippen LogP contribution is -2.30. The van der Waals surface area contributed by atoms with Crippen LogP contribution in [-0.4, -0.2) is 70.2 Å². The highest BCUT2D eigenvalue weighted by Gasteiger charge is 2.37. The van der Waals surface area contributed by atoms with Crippen molar-refractivity contribution in [3.8, 4) is 12.1 Å². The minimum Gasteiger partial charge on any atom is -0.383 e. The summed E-state index contributed by atoms with van der Waals surface area (Å²) < 4.78 is 10.4. The molecular weight excluding hydrogens is 478 g/mol. The fourth-order valence-corrected chi connectivity index (χ4v) is 3.78. The summed E-state index contributed by atoms with van der Waals surface area (Å²) in [7, 11) is 4.50. The van der Waals surface area contributed by atoms with Gasteiger partial charge in [-0.1, -0.05) is 0 Å². The van der Waals surface area contributed by atoms with Crippen molar-refractivity contribution in [2.75, 3.05) is 57.8 Å². The number of nitrogens with zero attached hydrogens (tertiary/aromatic N) is 6. The molecule has 0 saturated heterocycles. The highest BCUT2D eigenvalue weighted by atomic mass is 16.5. The molecule has 2 aromatic carbocycles. The van der Waals surface area contributed by atoms with Gasteiger partial charge >= 0.3 is 0 Å². The Hall–Kier alpha value is -4.65. The molecule has 190 valence electrons. The summed E-state index contributed by atoms with van der Waals surface area (Å²) in [5.74, 6) is -1.60. The number of fused-ring (bicyclic) bond motifs is 1. The number of ether oxygens (including phenoxy) is 2. The van der Waals surface area contributed by atoms with E-state index in [1.54, 1.807) is 32.4 Å². The number of anilines is 2. The van der Waals surface area contributed by atoms with Crippen LogP contribution in [0.1, 0.15) is 38.8 Å². The summed E-state index contributed by atoms with van der Waals surface area (Å²) in [5.41, 5.74) is 0.782. The Kier molecular flexibility index (Phi) is 8.64. The number of nitrogens with one attached hydrogen (secondary N) is 1. The first-order chi connectivity index (χ1) is 17.8. The molecule has 0 unspecified atom stereocenters. The van der Waals surface area contributed by atoms with Crippen LogP contribution in [0.5, 0.6) is 0 Å². The third-order valence-corrected chi connectivity index (χ3v) is 5.63. The SMILES string of the molecule is COCCN(CCOC)c1ccc(N=Nc2c(C#N)cc3c(c2C#N)C(=O)N(C)C3=O)c(NC(C)=O)c1. The highest BCUT2D eigenvalue weighted by molar-refractivity contribution is 6.23. The number of benzene rings is 2. The Bertz CT molecular complexity index is 1350. The van der Waals surface area contributed by atoms with E-state index in [9.17, 15) is 24.9 Å². The number of rotatable bonds is 10. The molecule has 3 amide bonds. The summed E-state index contributed by atoms with van der Waals surface area (Å²) in [6, 6.07) is 10.2. The van der Waals surface area contributed by atoms with Crippen LogP contribution in [-0.2, 0) is 14.3 Å². The number of hydrogen-bond acceptors (Lipinski definition) is 10. The van der Waals surface area contributed by atoms with Crippen LogP contribution in [0.3, 0.4) is 0 Å². The molecule has 3 rings (SSSR count).